The van der Waals surface area contributed by atoms with Crippen LogP contribution < -0.4 is 5.32 Å². The van der Waals surface area contributed by atoms with Crippen LogP contribution in [0.15, 0.2) is 12.5 Å². The van der Waals surface area contributed by atoms with Gasteiger partial charge < -0.3 is 9.88 Å². The summed E-state index contributed by atoms with van der Waals surface area (Å²) in [6, 6.07) is 0.516. The Kier molecular flexibility index (Phi) is 5.40. The molecule has 1 aliphatic heterocycles. The molecule has 0 spiro atoms. The Morgan fingerprint density at radius 2 is 2.26 bits per heavy atom. The third kappa shape index (κ3) is 3.37. The average molecular weight is 264 g/mol. The first-order valence-electron chi connectivity index (χ1n) is 7.62. The molecule has 0 aliphatic carbocycles. The molecule has 0 amide bonds. The lowest BCUT2D eigenvalue weighted by Crippen LogP contribution is -2.37. The molecule has 2 unspecified atom stereocenters. The molecule has 4 heteroatoms. The second-order valence-electron chi connectivity index (χ2n) is 5.72. The van der Waals surface area contributed by atoms with Crippen molar-refractivity contribution in [3.63, 3.8) is 0 Å². The quantitative estimate of drug-likeness (QED) is 0.885. The van der Waals surface area contributed by atoms with Crippen LogP contribution in [0, 0.1) is 5.92 Å². The number of hydrogen-bond acceptors (Lipinski definition) is 3. The lowest BCUT2D eigenvalue weighted by molar-refractivity contribution is 0.148. The molecule has 108 valence electrons. The Morgan fingerprint density at radius 1 is 1.42 bits per heavy atom. The Labute approximate surface area is 117 Å². The number of aromatic nitrogens is 2. The van der Waals surface area contributed by atoms with E-state index in [4.69, 9.17) is 0 Å². The molecule has 0 aromatic carbocycles. The molecule has 2 heterocycles. The summed E-state index contributed by atoms with van der Waals surface area (Å²) in [5.74, 6) is 0.689. The van der Waals surface area contributed by atoms with Crippen LogP contribution in [0.1, 0.15) is 44.3 Å². The van der Waals surface area contributed by atoms with E-state index < -0.39 is 0 Å². The van der Waals surface area contributed by atoms with E-state index in [-0.39, 0.29) is 0 Å². The van der Waals surface area contributed by atoms with Crippen molar-refractivity contribution >= 4 is 0 Å². The van der Waals surface area contributed by atoms with Crippen molar-refractivity contribution in [1.82, 2.24) is 19.8 Å². The van der Waals surface area contributed by atoms with E-state index in [0.717, 1.165) is 6.54 Å². The first-order valence-corrected chi connectivity index (χ1v) is 7.62. The second-order valence-corrected chi connectivity index (χ2v) is 5.72. The molecule has 2 rings (SSSR count). The van der Waals surface area contributed by atoms with Crippen molar-refractivity contribution in [2.45, 2.75) is 38.6 Å². The van der Waals surface area contributed by atoms with E-state index >= 15 is 0 Å². The van der Waals surface area contributed by atoms with Gasteiger partial charge in [-0.3, -0.25) is 4.90 Å². The van der Waals surface area contributed by atoms with Crippen molar-refractivity contribution in [2.24, 2.45) is 13.0 Å². The van der Waals surface area contributed by atoms with Gasteiger partial charge in [0, 0.05) is 13.2 Å². The number of imidazole rings is 1. The maximum absolute atomic E-state index is 4.33. The van der Waals surface area contributed by atoms with Gasteiger partial charge in [-0.1, -0.05) is 13.3 Å². The number of likely N-dealkylation sites (tertiary alicyclic amines) is 1. The van der Waals surface area contributed by atoms with Gasteiger partial charge in [-0.05, 0) is 51.9 Å². The van der Waals surface area contributed by atoms with Crippen LogP contribution in [0.2, 0.25) is 0 Å². The summed E-state index contributed by atoms with van der Waals surface area (Å²) >= 11 is 0. The third-order valence-corrected chi connectivity index (χ3v) is 4.24. The van der Waals surface area contributed by atoms with Crippen molar-refractivity contribution in [2.75, 3.05) is 26.7 Å². The van der Waals surface area contributed by atoms with E-state index in [1.807, 2.05) is 6.33 Å². The molecule has 1 aliphatic rings. The first-order chi connectivity index (χ1) is 9.27. The lowest BCUT2D eigenvalue weighted by atomic mass is 9.92. The zero-order valence-corrected chi connectivity index (χ0v) is 12.6. The van der Waals surface area contributed by atoms with Crippen LogP contribution in [0.3, 0.4) is 0 Å². The highest BCUT2D eigenvalue weighted by atomic mass is 15.2. The summed E-state index contributed by atoms with van der Waals surface area (Å²) < 4.78 is 2.20. The van der Waals surface area contributed by atoms with E-state index in [1.165, 1.54) is 44.5 Å². The molecule has 1 aromatic heterocycles. The highest BCUT2D eigenvalue weighted by Gasteiger charge is 2.31. The van der Waals surface area contributed by atoms with Gasteiger partial charge in [0.05, 0.1) is 18.1 Å². The number of rotatable bonds is 5. The highest BCUT2D eigenvalue weighted by molar-refractivity contribution is 5.08. The fourth-order valence-corrected chi connectivity index (χ4v) is 3.41. The summed E-state index contributed by atoms with van der Waals surface area (Å²) in [4.78, 5) is 7.01. The Morgan fingerprint density at radius 3 is 2.89 bits per heavy atom. The number of nitrogens with one attached hydrogen (secondary N) is 1. The molecular weight excluding hydrogens is 236 g/mol. The van der Waals surface area contributed by atoms with Gasteiger partial charge in [0.2, 0.25) is 0 Å². The van der Waals surface area contributed by atoms with Crippen LogP contribution in [-0.4, -0.2) is 41.1 Å². The van der Waals surface area contributed by atoms with Gasteiger partial charge in [0.1, 0.15) is 0 Å². The fourth-order valence-electron chi connectivity index (χ4n) is 3.41. The van der Waals surface area contributed by atoms with Crippen LogP contribution >= 0.6 is 0 Å². The maximum atomic E-state index is 4.33. The molecule has 4 nitrogen and oxygen atoms in total. The molecule has 2 atom stereocenters. The molecule has 0 bridgehead atoms. The Balaban J connectivity index is 2.28. The van der Waals surface area contributed by atoms with Gasteiger partial charge in [0.25, 0.3) is 0 Å². The van der Waals surface area contributed by atoms with Crippen molar-refractivity contribution in [1.29, 1.82) is 0 Å². The van der Waals surface area contributed by atoms with Gasteiger partial charge >= 0.3 is 0 Å². The summed E-state index contributed by atoms with van der Waals surface area (Å²) in [5.41, 5.74) is 1.37. The van der Waals surface area contributed by atoms with E-state index in [1.54, 1.807) is 0 Å². The summed E-state index contributed by atoms with van der Waals surface area (Å²) in [5, 5.41) is 3.38. The average Bonchev–Trinajstić information content (AvgIpc) is 2.71. The zero-order valence-electron chi connectivity index (χ0n) is 12.6. The predicted molar refractivity (Wildman–Crippen MR) is 79.1 cm³/mol. The second kappa shape index (κ2) is 7.06. The standard InChI is InChI=1S/C15H28N4/c1-4-8-19-9-6-5-7-13(10-16-2)15(19)14-11-17-12-18(14)3/h11-13,15-16H,4-10H2,1-3H3. The van der Waals surface area contributed by atoms with Crippen LogP contribution in [0.4, 0.5) is 0 Å². The van der Waals surface area contributed by atoms with E-state index in [2.05, 4.69) is 47.0 Å². The van der Waals surface area contributed by atoms with Crippen LogP contribution in [0.25, 0.3) is 0 Å². The summed E-state index contributed by atoms with van der Waals surface area (Å²) in [6.07, 6.45) is 9.20. The molecule has 1 fully saturated rings. The first kappa shape index (κ1) is 14.5. The third-order valence-electron chi connectivity index (χ3n) is 4.24. The predicted octanol–water partition coefficient (Wildman–Crippen LogP) is 2.19. The number of hydrogen-bond donors (Lipinski definition) is 1. The summed E-state index contributed by atoms with van der Waals surface area (Å²) in [6.45, 7) is 5.79. The van der Waals surface area contributed by atoms with Crippen LogP contribution in [-0.2, 0) is 7.05 Å². The smallest absolute Gasteiger partial charge is 0.0946 e. The van der Waals surface area contributed by atoms with Gasteiger partial charge in [-0.15, -0.1) is 0 Å². The summed E-state index contributed by atoms with van der Waals surface area (Å²) in [7, 11) is 4.18. The molecule has 0 radical (unpaired) electrons. The van der Waals surface area contributed by atoms with Crippen molar-refractivity contribution in [3.05, 3.63) is 18.2 Å². The highest BCUT2D eigenvalue weighted by Crippen LogP contribution is 2.34. The Hall–Kier alpha value is -0.870. The van der Waals surface area contributed by atoms with Crippen molar-refractivity contribution in [3.8, 4) is 0 Å². The van der Waals surface area contributed by atoms with Gasteiger partial charge in [0.15, 0.2) is 0 Å². The molecular formula is C15H28N4. The number of aryl methyl sites for hydroxylation is 1. The minimum atomic E-state index is 0.516. The zero-order chi connectivity index (χ0) is 13.7. The normalized spacial score (nSPS) is 25.4. The molecule has 1 aromatic rings. The maximum Gasteiger partial charge on any atom is 0.0946 e. The molecule has 0 saturated carbocycles. The van der Waals surface area contributed by atoms with Crippen molar-refractivity contribution < 1.29 is 0 Å². The molecule has 1 N–H and O–H groups in total. The fraction of sp³-hybridized carbons (Fsp3) is 0.800. The topological polar surface area (TPSA) is 33.1 Å². The van der Waals surface area contributed by atoms with E-state index in [9.17, 15) is 0 Å². The minimum absolute atomic E-state index is 0.516. The molecule has 1 saturated heterocycles. The number of nitrogens with zero attached hydrogens (tertiary/aromatic N) is 3. The lowest BCUT2D eigenvalue weighted by Gasteiger charge is -2.35. The SMILES string of the molecule is CCCN1CCCCC(CNC)C1c1cncn1C. The monoisotopic (exact) mass is 264 g/mol. The van der Waals surface area contributed by atoms with E-state index in [0.29, 0.717) is 12.0 Å². The minimum Gasteiger partial charge on any atom is -0.336 e. The largest absolute Gasteiger partial charge is 0.336 e. The molecule has 19 heavy (non-hydrogen) atoms. The van der Waals surface area contributed by atoms with Gasteiger partial charge in [-0.25, -0.2) is 4.98 Å². The Bertz CT molecular complexity index is 358. The van der Waals surface area contributed by atoms with Gasteiger partial charge in [-0.2, -0.15) is 0 Å². The van der Waals surface area contributed by atoms with Crippen LogP contribution in [0.5, 0.6) is 0 Å².